The summed E-state index contributed by atoms with van der Waals surface area (Å²) in [6.45, 7) is 1.63. The van der Waals surface area contributed by atoms with Gasteiger partial charge in [0.05, 0.1) is 22.7 Å². The topological polar surface area (TPSA) is 66.5 Å². The van der Waals surface area contributed by atoms with Crippen LogP contribution in [0, 0.1) is 0 Å². The van der Waals surface area contributed by atoms with E-state index in [-0.39, 0.29) is 6.17 Å². The Morgan fingerprint density at radius 1 is 0.800 bits per heavy atom. The third kappa shape index (κ3) is 3.68. The molecule has 6 nitrogen and oxygen atoms in total. The molecule has 0 amide bonds. The van der Waals surface area contributed by atoms with Crippen LogP contribution < -0.4 is 16.0 Å². The van der Waals surface area contributed by atoms with Crippen LogP contribution in [0.25, 0.3) is 44.0 Å². The van der Waals surface area contributed by atoms with Crippen molar-refractivity contribution < 1.29 is 4.42 Å². The summed E-state index contributed by atoms with van der Waals surface area (Å²) in [7, 11) is 0. The van der Waals surface area contributed by atoms with Gasteiger partial charge in [-0.25, -0.2) is 4.99 Å². The third-order valence-corrected chi connectivity index (χ3v) is 7.83. The van der Waals surface area contributed by atoms with Crippen molar-refractivity contribution in [2.24, 2.45) is 4.99 Å². The lowest BCUT2D eigenvalue weighted by molar-refractivity contribution is 0.619. The molecule has 3 aromatic carbocycles. The zero-order chi connectivity index (χ0) is 26.5. The molecule has 1 atom stereocenters. The number of hydrogen-bond donors (Lipinski definition) is 3. The Morgan fingerprint density at radius 2 is 1.62 bits per heavy atom. The van der Waals surface area contributed by atoms with Crippen LogP contribution in [0.15, 0.2) is 131 Å². The molecule has 0 aliphatic carbocycles. The maximum Gasteiger partial charge on any atom is 0.146 e. The minimum Gasteiger partial charge on any atom is -0.464 e. The van der Waals surface area contributed by atoms with E-state index in [1.54, 1.807) is 6.26 Å². The Labute approximate surface area is 231 Å². The van der Waals surface area contributed by atoms with Gasteiger partial charge in [0, 0.05) is 35.6 Å². The van der Waals surface area contributed by atoms with E-state index in [0.717, 1.165) is 68.5 Å². The van der Waals surface area contributed by atoms with Crippen molar-refractivity contribution in [1.82, 2.24) is 20.5 Å². The number of rotatable bonds is 3. The molecule has 0 radical (unpaired) electrons. The lowest BCUT2D eigenvalue weighted by Crippen LogP contribution is -2.35. The normalized spacial score (nSPS) is 18.6. The van der Waals surface area contributed by atoms with Crippen LogP contribution in [0.3, 0.4) is 0 Å². The summed E-state index contributed by atoms with van der Waals surface area (Å²) in [4.78, 5) is 5.27. The molecular formula is C34H27N5O. The van der Waals surface area contributed by atoms with E-state index in [9.17, 15) is 0 Å². The second-order valence-electron chi connectivity index (χ2n) is 10.2. The number of furan rings is 1. The first-order chi connectivity index (χ1) is 19.8. The second kappa shape index (κ2) is 9.20. The first-order valence-electron chi connectivity index (χ1n) is 13.6. The average molecular weight is 522 g/mol. The first kappa shape index (κ1) is 22.7. The van der Waals surface area contributed by atoms with Crippen LogP contribution in [0.1, 0.15) is 11.1 Å². The zero-order valence-electron chi connectivity index (χ0n) is 21.8. The molecule has 0 saturated heterocycles. The molecule has 40 heavy (non-hydrogen) atoms. The average Bonchev–Trinajstić information content (AvgIpc) is 3.64. The van der Waals surface area contributed by atoms with Crippen molar-refractivity contribution in [3.05, 3.63) is 132 Å². The number of nitrogens with one attached hydrogen (secondary N) is 3. The van der Waals surface area contributed by atoms with Gasteiger partial charge < -0.3 is 20.4 Å². The van der Waals surface area contributed by atoms with Crippen molar-refractivity contribution in [3.63, 3.8) is 0 Å². The third-order valence-electron chi connectivity index (χ3n) is 7.83. The molecular weight excluding hydrogens is 494 g/mol. The molecule has 194 valence electrons. The van der Waals surface area contributed by atoms with Crippen molar-refractivity contribution in [1.29, 1.82) is 0 Å². The maximum atomic E-state index is 5.99. The van der Waals surface area contributed by atoms with Crippen LogP contribution >= 0.6 is 0 Å². The lowest BCUT2D eigenvalue weighted by atomic mass is 10.0. The monoisotopic (exact) mass is 521 g/mol. The quantitative estimate of drug-likeness (QED) is 0.261. The molecule has 0 fully saturated rings. The van der Waals surface area contributed by atoms with Crippen LogP contribution in [0.4, 0.5) is 0 Å². The number of aromatic nitrogens is 1. The van der Waals surface area contributed by atoms with E-state index >= 15 is 0 Å². The van der Waals surface area contributed by atoms with Crippen LogP contribution in [-0.2, 0) is 0 Å². The summed E-state index contributed by atoms with van der Waals surface area (Å²) in [6, 6.07) is 23.6. The highest BCUT2D eigenvalue weighted by Gasteiger charge is 2.24. The standard InChI is InChI=1S/C34H27N5O/c1-2-4-29-27(3-1)32-30(10-9-25-15-20-40-33(25)32)39(29)31-21-28(37-34(38-31)26-13-18-36-19-14-26)24-7-5-22(6-8-24)23-11-16-35-17-12-23/h1-16,18,20-21,34-37H,17,19H2. The number of benzene rings is 3. The Balaban J connectivity index is 1.31. The van der Waals surface area contributed by atoms with Crippen LogP contribution in [0.2, 0.25) is 0 Å². The minimum atomic E-state index is -0.216. The summed E-state index contributed by atoms with van der Waals surface area (Å²) < 4.78 is 8.26. The Hall–Kier alpha value is -5.23. The first-order valence-corrected chi connectivity index (χ1v) is 13.6. The Kier molecular flexibility index (Phi) is 5.23. The molecule has 1 unspecified atom stereocenters. The number of nitrogens with zero attached hydrogens (tertiary/aromatic N) is 2. The Morgan fingerprint density at radius 3 is 2.45 bits per heavy atom. The Bertz CT molecular complexity index is 1980. The maximum absolute atomic E-state index is 5.99. The van der Waals surface area contributed by atoms with Gasteiger partial charge in [-0.15, -0.1) is 0 Å². The van der Waals surface area contributed by atoms with Gasteiger partial charge in [0.2, 0.25) is 0 Å². The molecule has 3 aliphatic rings. The largest absolute Gasteiger partial charge is 0.464 e. The molecule has 8 rings (SSSR count). The van der Waals surface area contributed by atoms with Gasteiger partial charge in [-0.1, -0.05) is 54.6 Å². The SMILES string of the molecule is C1=CC(c2ccc(C3=CC(n4c5ccccc5c5c6occc6ccc54)=NC(C4=CCNC=C4)N3)cc2)=CCN1. The van der Waals surface area contributed by atoms with Gasteiger partial charge in [-0.2, -0.15) is 0 Å². The van der Waals surface area contributed by atoms with Gasteiger partial charge in [0.1, 0.15) is 17.6 Å². The number of allylic oxidation sites excluding steroid dienone is 3. The molecule has 2 aromatic heterocycles. The minimum absolute atomic E-state index is 0.216. The van der Waals surface area contributed by atoms with Gasteiger partial charge >= 0.3 is 0 Å². The number of aliphatic imine (C=N–C) groups is 1. The van der Waals surface area contributed by atoms with E-state index < -0.39 is 0 Å². The fourth-order valence-electron chi connectivity index (χ4n) is 5.87. The molecule has 3 N–H and O–H groups in total. The second-order valence-corrected chi connectivity index (χ2v) is 10.2. The summed E-state index contributed by atoms with van der Waals surface area (Å²) in [5.41, 5.74) is 8.82. The van der Waals surface area contributed by atoms with Gasteiger partial charge in [0.25, 0.3) is 0 Å². The molecule has 0 spiro atoms. The summed E-state index contributed by atoms with van der Waals surface area (Å²) >= 11 is 0. The van der Waals surface area contributed by atoms with Crippen molar-refractivity contribution >= 4 is 49.9 Å². The van der Waals surface area contributed by atoms with E-state index in [2.05, 4.69) is 112 Å². The van der Waals surface area contributed by atoms with Crippen molar-refractivity contribution in [2.45, 2.75) is 6.17 Å². The smallest absolute Gasteiger partial charge is 0.146 e. The number of para-hydroxylation sites is 1. The highest BCUT2D eigenvalue weighted by molar-refractivity contribution is 6.23. The number of hydrogen-bond acceptors (Lipinski definition) is 5. The van der Waals surface area contributed by atoms with Crippen molar-refractivity contribution in [3.8, 4) is 0 Å². The highest BCUT2D eigenvalue weighted by Crippen LogP contribution is 2.36. The fourth-order valence-corrected chi connectivity index (χ4v) is 5.87. The van der Waals surface area contributed by atoms with Crippen LogP contribution in [0.5, 0.6) is 0 Å². The van der Waals surface area contributed by atoms with Gasteiger partial charge in [-0.3, -0.25) is 4.57 Å². The molecule has 3 aliphatic heterocycles. The van der Waals surface area contributed by atoms with Gasteiger partial charge in [0.15, 0.2) is 0 Å². The van der Waals surface area contributed by atoms with Gasteiger partial charge in [-0.05, 0) is 71.1 Å². The van der Waals surface area contributed by atoms with E-state index in [0.29, 0.717) is 0 Å². The number of dihydropyridines is 2. The summed E-state index contributed by atoms with van der Waals surface area (Å²) in [5.74, 6) is 0.886. The lowest BCUT2D eigenvalue weighted by Gasteiger charge is -2.27. The predicted molar refractivity (Wildman–Crippen MR) is 164 cm³/mol. The summed E-state index contributed by atoms with van der Waals surface area (Å²) in [6.07, 6.45) is 16.3. The van der Waals surface area contributed by atoms with Crippen molar-refractivity contribution in [2.75, 3.05) is 13.1 Å². The van der Waals surface area contributed by atoms with E-state index in [1.165, 1.54) is 11.1 Å². The molecule has 0 saturated carbocycles. The molecule has 5 heterocycles. The highest BCUT2D eigenvalue weighted by atomic mass is 16.3. The molecule has 6 heteroatoms. The molecule has 0 bridgehead atoms. The fraction of sp³-hybridized carbons (Fsp3) is 0.0882. The summed E-state index contributed by atoms with van der Waals surface area (Å²) in [5, 5.41) is 13.5. The zero-order valence-corrected chi connectivity index (χ0v) is 21.8. The van der Waals surface area contributed by atoms with E-state index in [4.69, 9.17) is 9.41 Å². The van der Waals surface area contributed by atoms with Crippen LogP contribution in [-0.4, -0.2) is 29.7 Å². The number of fused-ring (bicyclic) bond motifs is 5. The molecule has 5 aromatic rings. The predicted octanol–water partition coefficient (Wildman–Crippen LogP) is 6.30. The van der Waals surface area contributed by atoms with E-state index in [1.807, 2.05) is 18.5 Å².